The van der Waals surface area contributed by atoms with E-state index in [0.717, 1.165) is 28.0 Å². The molecular weight excluding hydrogens is 361 g/mol. The number of aromatic nitrogens is 2. The number of para-hydroxylation sites is 1. The van der Waals surface area contributed by atoms with E-state index in [0.29, 0.717) is 15.0 Å². The molecule has 24 heavy (non-hydrogen) atoms. The zero-order valence-electron chi connectivity index (χ0n) is 14.0. The van der Waals surface area contributed by atoms with Crippen LogP contribution in [0.25, 0.3) is 10.9 Å². The molecule has 1 N–H and O–H groups in total. The summed E-state index contributed by atoms with van der Waals surface area (Å²) in [5.74, 6) is 0.955. The first-order chi connectivity index (χ1) is 11.9. The third-order valence-corrected chi connectivity index (χ3v) is 5.82. The van der Waals surface area contributed by atoms with Crippen LogP contribution in [0.4, 0.5) is 5.82 Å². The average molecular weight is 384 g/mol. The van der Waals surface area contributed by atoms with Crippen LogP contribution in [0.1, 0.15) is 31.7 Å². The Hall–Kier alpha value is -1.90. The molecule has 0 radical (unpaired) electrons. The van der Waals surface area contributed by atoms with Gasteiger partial charge in [0.2, 0.25) is 0 Å². The Labute approximate surface area is 150 Å². The standard InChI is InChI=1S/C20H23N3Se/c1-2-3-9-14-24-20-22-18-13-8-7-12-17(18)19(23-20)21-15-16-10-5-4-6-11-16/h4-8,10-13H,2-3,9,14-15H2,1H3,(H,21,22,23). The molecule has 1 aromatic heterocycles. The first-order valence-electron chi connectivity index (χ1n) is 8.54. The van der Waals surface area contributed by atoms with Gasteiger partial charge in [-0.25, -0.2) is 0 Å². The minimum absolute atomic E-state index is 0.350. The molecule has 0 spiro atoms. The molecule has 124 valence electrons. The number of nitrogens with zero attached hydrogens (tertiary/aromatic N) is 2. The number of hydrogen-bond acceptors (Lipinski definition) is 3. The molecule has 3 aromatic rings. The summed E-state index contributed by atoms with van der Waals surface area (Å²) in [5.41, 5.74) is 2.30. The quantitative estimate of drug-likeness (QED) is 0.468. The van der Waals surface area contributed by atoms with Crippen LogP contribution in [0.5, 0.6) is 0 Å². The van der Waals surface area contributed by atoms with Gasteiger partial charge in [0.1, 0.15) is 0 Å². The number of unbranched alkanes of at least 4 members (excludes halogenated alkanes) is 2. The van der Waals surface area contributed by atoms with Crippen molar-refractivity contribution >= 4 is 36.4 Å². The number of nitrogens with one attached hydrogen (secondary N) is 1. The molecule has 4 heteroatoms. The van der Waals surface area contributed by atoms with Gasteiger partial charge in [-0.1, -0.05) is 0 Å². The van der Waals surface area contributed by atoms with E-state index < -0.39 is 0 Å². The van der Waals surface area contributed by atoms with Crippen LogP contribution in [-0.2, 0) is 6.54 Å². The normalized spacial score (nSPS) is 10.9. The summed E-state index contributed by atoms with van der Waals surface area (Å²) >= 11 is 0.350. The predicted molar refractivity (Wildman–Crippen MR) is 103 cm³/mol. The van der Waals surface area contributed by atoms with Gasteiger partial charge in [-0.3, -0.25) is 0 Å². The molecule has 0 fully saturated rings. The molecule has 1 heterocycles. The first-order valence-corrected chi connectivity index (χ1v) is 10.6. The number of fused-ring (bicyclic) bond motifs is 1. The fraction of sp³-hybridized carbons (Fsp3) is 0.300. The SMILES string of the molecule is CCCCC[Se]c1nc(NCc2ccccc2)c2ccccc2n1. The van der Waals surface area contributed by atoms with Gasteiger partial charge in [-0.05, 0) is 0 Å². The molecule has 0 atom stereocenters. The molecule has 0 bridgehead atoms. The summed E-state index contributed by atoms with van der Waals surface area (Å²) in [5, 5.41) is 5.82. The van der Waals surface area contributed by atoms with Gasteiger partial charge in [-0.2, -0.15) is 0 Å². The van der Waals surface area contributed by atoms with Crippen LogP contribution in [0.15, 0.2) is 54.6 Å². The Morgan fingerprint density at radius 3 is 2.54 bits per heavy atom. The van der Waals surface area contributed by atoms with E-state index in [4.69, 9.17) is 9.97 Å². The zero-order valence-corrected chi connectivity index (χ0v) is 15.7. The fourth-order valence-electron chi connectivity index (χ4n) is 2.55. The summed E-state index contributed by atoms with van der Waals surface area (Å²) in [7, 11) is 0. The van der Waals surface area contributed by atoms with Gasteiger partial charge < -0.3 is 0 Å². The van der Waals surface area contributed by atoms with Crippen molar-refractivity contribution in [3.05, 3.63) is 60.2 Å². The molecule has 0 unspecified atom stereocenters. The Morgan fingerprint density at radius 2 is 1.71 bits per heavy atom. The van der Waals surface area contributed by atoms with Crippen LogP contribution in [0.3, 0.4) is 0 Å². The second kappa shape index (κ2) is 8.81. The second-order valence-electron chi connectivity index (χ2n) is 5.77. The molecule has 2 aromatic carbocycles. The van der Waals surface area contributed by atoms with E-state index in [9.17, 15) is 0 Å². The third kappa shape index (κ3) is 4.56. The maximum absolute atomic E-state index is 4.82. The first kappa shape index (κ1) is 16.9. The van der Waals surface area contributed by atoms with Crippen molar-refractivity contribution in [1.82, 2.24) is 9.97 Å². The van der Waals surface area contributed by atoms with E-state index >= 15 is 0 Å². The van der Waals surface area contributed by atoms with Crippen LogP contribution in [0.2, 0.25) is 5.32 Å². The summed E-state index contributed by atoms with van der Waals surface area (Å²) in [6, 6.07) is 18.7. The van der Waals surface area contributed by atoms with E-state index in [1.54, 1.807) is 0 Å². The Balaban J connectivity index is 1.78. The Kier molecular flexibility index (Phi) is 6.22. The van der Waals surface area contributed by atoms with Crippen LogP contribution in [-0.4, -0.2) is 24.9 Å². The zero-order chi connectivity index (χ0) is 16.6. The maximum atomic E-state index is 4.82. The van der Waals surface area contributed by atoms with Crippen LogP contribution >= 0.6 is 0 Å². The Morgan fingerprint density at radius 1 is 0.917 bits per heavy atom. The minimum atomic E-state index is 0.350. The summed E-state index contributed by atoms with van der Waals surface area (Å²) in [6.07, 6.45) is 3.84. The third-order valence-electron chi connectivity index (χ3n) is 3.86. The monoisotopic (exact) mass is 385 g/mol. The van der Waals surface area contributed by atoms with E-state index in [-0.39, 0.29) is 0 Å². The van der Waals surface area contributed by atoms with Crippen LogP contribution < -0.4 is 10.0 Å². The van der Waals surface area contributed by atoms with Crippen molar-refractivity contribution in [3.63, 3.8) is 0 Å². The van der Waals surface area contributed by atoms with Gasteiger partial charge >= 0.3 is 150 Å². The summed E-state index contributed by atoms with van der Waals surface area (Å²) in [6.45, 7) is 3.02. The van der Waals surface area contributed by atoms with Gasteiger partial charge in [-0.15, -0.1) is 0 Å². The van der Waals surface area contributed by atoms with Crippen molar-refractivity contribution in [3.8, 4) is 0 Å². The fourth-order valence-corrected chi connectivity index (χ4v) is 4.33. The van der Waals surface area contributed by atoms with Crippen molar-refractivity contribution < 1.29 is 0 Å². The number of hydrogen-bond donors (Lipinski definition) is 1. The van der Waals surface area contributed by atoms with Gasteiger partial charge in [0, 0.05) is 0 Å². The molecule has 3 nitrogen and oxygen atoms in total. The van der Waals surface area contributed by atoms with Gasteiger partial charge in [0.05, 0.1) is 0 Å². The predicted octanol–water partition coefficient (Wildman–Crippen LogP) is 4.18. The number of anilines is 1. The molecule has 0 aliphatic heterocycles. The number of benzene rings is 2. The molecule has 0 saturated carbocycles. The van der Waals surface area contributed by atoms with Crippen molar-refractivity contribution in [2.45, 2.75) is 38.1 Å². The van der Waals surface area contributed by atoms with E-state index in [2.05, 4.69) is 48.6 Å². The molecule has 0 amide bonds. The number of rotatable bonds is 8. The van der Waals surface area contributed by atoms with Crippen molar-refractivity contribution in [2.75, 3.05) is 5.32 Å². The average Bonchev–Trinajstić information content (AvgIpc) is 2.64. The molecular formula is C20H23N3Se. The van der Waals surface area contributed by atoms with Gasteiger partial charge in [0.25, 0.3) is 0 Å². The van der Waals surface area contributed by atoms with Crippen LogP contribution in [0, 0.1) is 0 Å². The van der Waals surface area contributed by atoms with E-state index in [1.165, 1.54) is 30.1 Å². The molecule has 0 aliphatic rings. The summed E-state index contributed by atoms with van der Waals surface area (Å²) < 4.78 is 1.01. The van der Waals surface area contributed by atoms with Gasteiger partial charge in [0.15, 0.2) is 0 Å². The summed E-state index contributed by atoms with van der Waals surface area (Å²) in [4.78, 5) is 9.58. The molecule has 0 saturated heterocycles. The van der Waals surface area contributed by atoms with Crippen molar-refractivity contribution in [1.29, 1.82) is 0 Å². The van der Waals surface area contributed by atoms with E-state index in [1.807, 2.05) is 18.2 Å². The van der Waals surface area contributed by atoms with Crippen molar-refractivity contribution in [2.24, 2.45) is 0 Å². The topological polar surface area (TPSA) is 37.8 Å². The Bertz CT molecular complexity index is 774. The molecule has 0 aliphatic carbocycles. The molecule has 3 rings (SSSR count). The second-order valence-corrected chi connectivity index (χ2v) is 7.99.